The van der Waals surface area contributed by atoms with Crippen LogP contribution in [-0.2, 0) is 23.7 Å². The summed E-state index contributed by atoms with van der Waals surface area (Å²) in [4.78, 5) is 12.8. The number of carbonyl (C=O) groups excluding carboxylic acids is 1. The molecular weight excluding hydrogens is 420 g/mol. The minimum absolute atomic E-state index is 0.0310. The van der Waals surface area contributed by atoms with Crippen molar-refractivity contribution in [1.82, 2.24) is 0 Å². The van der Waals surface area contributed by atoms with Crippen molar-refractivity contribution in [2.24, 2.45) is 17.8 Å². The molecule has 3 fully saturated rings. The first-order chi connectivity index (χ1) is 15.7. The summed E-state index contributed by atoms with van der Waals surface area (Å²) in [5.41, 5.74) is 0.329. The van der Waals surface area contributed by atoms with Gasteiger partial charge in [0, 0.05) is 13.2 Å². The van der Waals surface area contributed by atoms with Crippen molar-refractivity contribution in [1.29, 1.82) is 0 Å². The van der Waals surface area contributed by atoms with Crippen LogP contribution in [-0.4, -0.2) is 56.3 Å². The molecule has 182 valence electrons. The highest BCUT2D eigenvalue weighted by atomic mass is 16.6. The molecule has 6 nitrogen and oxygen atoms in total. The average molecular weight is 459 g/mol. The highest BCUT2D eigenvalue weighted by Crippen LogP contribution is 2.60. The van der Waals surface area contributed by atoms with Gasteiger partial charge in [-0.2, -0.15) is 0 Å². The Morgan fingerprint density at radius 2 is 2.03 bits per heavy atom. The van der Waals surface area contributed by atoms with Crippen LogP contribution in [0.15, 0.2) is 30.3 Å². The first kappa shape index (κ1) is 24.2. The van der Waals surface area contributed by atoms with Crippen molar-refractivity contribution >= 4 is 12.0 Å². The summed E-state index contributed by atoms with van der Waals surface area (Å²) in [6.07, 6.45) is 5.77. The Balaban J connectivity index is 1.47. The number of esters is 1. The molecule has 2 heterocycles. The maximum atomic E-state index is 12.8. The molecule has 1 spiro atoms. The number of carbonyl (C=O) groups is 1. The summed E-state index contributed by atoms with van der Waals surface area (Å²) < 4.78 is 29.6. The highest BCUT2D eigenvalue weighted by molar-refractivity contribution is 5.87. The third kappa shape index (κ3) is 4.98. The highest BCUT2D eigenvalue weighted by Gasteiger charge is 2.73. The van der Waals surface area contributed by atoms with Crippen LogP contribution in [0, 0.1) is 17.8 Å². The van der Waals surface area contributed by atoms with Gasteiger partial charge in [-0.3, -0.25) is 0 Å². The van der Waals surface area contributed by atoms with Gasteiger partial charge in [-0.1, -0.05) is 32.9 Å². The van der Waals surface area contributed by atoms with Crippen LogP contribution in [0.4, 0.5) is 0 Å². The summed E-state index contributed by atoms with van der Waals surface area (Å²) >= 11 is 0. The van der Waals surface area contributed by atoms with E-state index >= 15 is 0 Å². The van der Waals surface area contributed by atoms with E-state index in [1.165, 1.54) is 6.08 Å². The van der Waals surface area contributed by atoms with E-state index in [2.05, 4.69) is 27.7 Å². The number of hydrogen-bond acceptors (Lipinski definition) is 6. The maximum absolute atomic E-state index is 12.8. The molecule has 0 N–H and O–H groups in total. The number of benzene rings is 1. The molecule has 1 aromatic carbocycles. The van der Waals surface area contributed by atoms with Crippen LogP contribution in [0.25, 0.3) is 6.08 Å². The Hall–Kier alpha value is -1.89. The molecule has 3 aliphatic rings. The lowest BCUT2D eigenvalue weighted by Gasteiger charge is -2.45. The largest absolute Gasteiger partial charge is 0.497 e. The van der Waals surface area contributed by atoms with Crippen molar-refractivity contribution in [3.63, 3.8) is 0 Å². The number of methoxy groups -OCH3 is 2. The van der Waals surface area contributed by atoms with Crippen molar-refractivity contribution in [2.75, 3.05) is 20.8 Å². The molecule has 0 amide bonds. The third-order valence-corrected chi connectivity index (χ3v) is 7.59. The fourth-order valence-electron chi connectivity index (χ4n) is 5.75. The first-order valence-corrected chi connectivity index (χ1v) is 12.1. The summed E-state index contributed by atoms with van der Waals surface area (Å²) in [5, 5.41) is 0. The van der Waals surface area contributed by atoms with E-state index in [1.807, 2.05) is 24.3 Å². The molecule has 1 aromatic rings. The molecule has 1 saturated carbocycles. The minimum atomic E-state index is -0.374. The number of hydrogen-bond donors (Lipinski definition) is 0. The molecule has 7 atom stereocenters. The molecule has 0 aromatic heterocycles. The van der Waals surface area contributed by atoms with Gasteiger partial charge < -0.3 is 23.7 Å². The maximum Gasteiger partial charge on any atom is 0.331 e. The topological polar surface area (TPSA) is 69.8 Å². The van der Waals surface area contributed by atoms with Crippen molar-refractivity contribution in [2.45, 2.75) is 76.5 Å². The second kappa shape index (κ2) is 9.40. The molecule has 33 heavy (non-hydrogen) atoms. The van der Waals surface area contributed by atoms with Crippen LogP contribution >= 0.6 is 0 Å². The average Bonchev–Trinajstić information content (AvgIpc) is 3.70. The normalized spacial score (nSPS) is 37.5. The summed E-state index contributed by atoms with van der Waals surface area (Å²) in [5.74, 6) is 1.16. The van der Waals surface area contributed by atoms with Gasteiger partial charge in [-0.15, -0.1) is 0 Å². The summed E-state index contributed by atoms with van der Waals surface area (Å²) in [7, 11) is 3.32. The zero-order valence-electron chi connectivity index (χ0n) is 20.7. The Morgan fingerprint density at radius 1 is 1.27 bits per heavy atom. The van der Waals surface area contributed by atoms with E-state index in [1.54, 1.807) is 20.3 Å². The van der Waals surface area contributed by atoms with Crippen LogP contribution in [0.2, 0.25) is 0 Å². The second-order valence-corrected chi connectivity index (χ2v) is 10.5. The van der Waals surface area contributed by atoms with Crippen molar-refractivity contribution in [3.8, 4) is 5.75 Å². The molecule has 4 rings (SSSR count). The molecular formula is C27H38O6. The lowest BCUT2D eigenvalue weighted by Crippen LogP contribution is -2.58. The van der Waals surface area contributed by atoms with Gasteiger partial charge in [0.1, 0.15) is 29.2 Å². The van der Waals surface area contributed by atoms with Gasteiger partial charge in [-0.05, 0) is 61.8 Å². The smallest absolute Gasteiger partial charge is 0.331 e. The van der Waals surface area contributed by atoms with E-state index in [4.69, 9.17) is 23.7 Å². The van der Waals surface area contributed by atoms with E-state index in [0.29, 0.717) is 12.5 Å². The van der Waals surface area contributed by atoms with Gasteiger partial charge >= 0.3 is 5.97 Å². The van der Waals surface area contributed by atoms with E-state index in [0.717, 1.165) is 30.6 Å². The predicted molar refractivity (Wildman–Crippen MR) is 126 cm³/mol. The molecule has 2 saturated heterocycles. The molecule has 6 heteroatoms. The zero-order chi connectivity index (χ0) is 23.8. The zero-order valence-corrected chi connectivity index (χ0v) is 20.7. The molecule has 0 radical (unpaired) electrons. The molecule has 1 aliphatic carbocycles. The lowest BCUT2D eigenvalue weighted by molar-refractivity contribution is -0.176. The fraction of sp³-hybridized carbons (Fsp3) is 0.667. The van der Waals surface area contributed by atoms with E-state index < -0.39 is 0 Å². The number of rotatable bonds is 9. The van der Waals surface area contributed by atoms with Gasteiger partial charge in [0.2, 0.25) is 0 Å². The quantitative estimate of drug-likeness (QED) is 0.305. The molecule has 2 aliphatic heterocycles. The SMILES string of the molecule is COc1cccc(/C=C/C(=O)O[C@H]2[C@@H](OC)[C@H]([C@@]3(C)O[C@@H]3CCC(C)C)[C@@]3(CO3)C[C@H]2C)c1. The standard InChI is InChI=1S/C27H38O6/c1-17(2)10-12-21-26(4,33-21)25-24(30-6)23(18(3)15-27(25)16-31-27)32-22(28)13-11-19-8-7-9-20(14-19)29-5/h7-9,11,13-14,17-18,21,23-25H,10,12,15-16H2,1-6H3/b13-11+/t18-,21-,23-,24-,25-,26+,27+/m1/s1. The van der Waals surface area contributed by atoms with Gasteiger partial charge in [-0.25, -0.2) is 4.79 Å². The fourth-order valence-corrected chi connectivity index (χ4v) is 5.75. The first-order valence-electron chi connectivity index (χ1n) is 12.1. The Labute approximate surface area is 197 Å². The van der Waals surface area contributed by atoms with Crippen LogP contribution in [0.5, 0.6) is 5.75 Å². The Bertz CT molecular complexity index is 875. The lowest BCUT2D eigenvalue weighted by atomic mass is 9.65. The minimum Gasteiger partial charge on any atom is -0.497 e. The number of epoxide rings is 2. The number of ether oxygens (including phenoxy) is 5. The monoisotopic (exact) mass is 458 g/mol. The van der Waals surface area contributed by atoms with E-state index in [9.17, 15) is 4.79 Å². The van der Waals surface area contributed by atoms with Crippen LogP contribution < -0.4 is 4.74 Å². The Kier molecular flexibility index (Phi) is 6.90. The van der Waals surface area contributed by atoms with Gasteiger partial charge in [0.05, 0.1) is 25.7 Å². The molecule has 0 unspecified atom stereocenters. The van der Waals surface area contributed by atoms with Crippen LogP contribution in [0.1, 0.15) is 52.5 Å². The van der Waals surface area contributed by atoms with Crippen LogP contribution in [0.3, 0.4) is 0 Å². The summed E-state index contributed by atoms with van der Waals surface area (Å²) in [6, 6.07) is 7.55. The summed E-state index contributed by atoms with van der Waals surface area (Å²) in [6.45, 7) is 9.48. The second-order valence-electron chi connectivity index (χ2n) is 10.5. The van der Waals surface area contributed by atoms with Gasteiger partial charge in [0.15, 0.2) is 0 Å². The molecule has 0 bridgehead atoms. The van der Waals surface area contributed by atoms with Gasteiger partial charge in [0.25, 0.3) is 0 Å². The predicted octanol–water partition coefficient (Wildman–Crippen LogP) is 4.65. The Morgan fingerprint density at radius 3 is 2.67 bits per heavy atom. The van der Waals surface area contributed by atoms with E-state index in [-0.39, 0.29) is 47.3 Å². The van der Waals surface area contributed by atoms with Crippen molar-refractivity contribution in [3.05, 3.63) is 35.9 Å². The third-order valence-electron chi connectivity index (χ3n) is 7.59. The van der Waals surface area contributed by atoms with Crippen molar-refractivity contribution < 1.29 is 28.5 Å².